The van der Waals surface area contributed by atoms with Crippen molar-refractivity contribution in [1.29, 1.82) is 0 Å². The molecule has 0 aromatic rings. The fourth-order valence-electron chi connectivity index (χ4n) is 0. The molecule has 0 saturated carbocycles. The first-order valence-electron chi connectivity index (χ1n) is 0.654. The van der Waals surface area contributed by atoms with Crippen molar-refractivity contribution < 1.29 is 52.5 Å². The average molecular weight is 351 g/mol. The van der Waals surface area contributed by atoms with Crippen molar-refractivity contribution in [3.63, 3.8) is 0 Å². The summed E-state index contributed by atoms with van der Waals surface area (Å²) in [4.78, 5) is 0. The van der Waals surface area contributed by atoms with E-state index in [2.05, 4.69) is 0 Å². The molecular weight excluding hydrogens is 351 g/mol. The molecule has 0 atom stereocenters. The van der Waals surface area contributed by atoms with E-state index in [1.54, 1.807) is 0 Å². The van der Waals surface area contributed by atoms with Gasteiger partial charge in [0.15, 0.2) is 0 Å². The monoisotopic (exact) mass is 350 g/mol. The van der Waals surface area contributed by atoms with Gasteiger partial charge < -0.3 is 0 Å². The van der Waals surface area contributed by atoms with Crippen LogP contribution in [0.25, 0.3) is 0 Å². The molecule has 4 nitrogen and oxygen atoms in total. The van der Waals surface area contributed by atoms with E-state index < -0.39 is 24.1 Å². The fourth-order valence-corrected chi connectivity index (χ4v) is 0. The quantitative estimate of drug-likeness (QED) is 0.533. The van der Waals surface area contributed by atoms with E-state index in [0.717, 1.165) is 0 Å². The Labute approximate surface area is 61.8 Å². The number of hydrogen-bond acceptors (Lipinski definition) is 4. The molecule has 0 rings (SSSR count). The Kier molecular flexibility index (Phi) is 68.0. The third-order valence-corrected chi connectivity index (χ3v) is 0. The summed E-state index contributed by atoms with van der Waals surface area (Å²) in [6, 6.07) is 0. The summed E-state index contributed by atoms with van der Waals surface area (Å²) < 4.78 is 33.4. The summed E-state index contributed by atoms with van der Waals surface area (Å²) in [7, 11) is -1.42. The largest absolute Gasteiger partial charge is 0 e. The standard InChI is InChI=1S/Cu.O2Si.2O.Pt/c;1-3-2;;;. The second kappa shape index (κ2) is 30.4. The molecule has 0 bridgehead atoms. The molecule has 49 valence electrons. The maximum absolute atomic E-state index is 8.40. The fraction of sp³-hybridized carbons (Fsp3) is 0. The molecule has 7 heteroatoms. The first-order chi connectivity index (χ1) is 2.83. The zero-order chi connectivity index (χ0) is 5.41. The van der Waals surface area contributed by atoms with E-state index in [4.69, 9.17) is 16.6 Å². The maximum Gasteiger partial charge on any atom is 0 e. The van der Waals surface area contributed by atoms with Crippen LogP contribution < -0.4 is 0 Å². The smallest absolute Gasteiger partial charge is 0 e. The molecule has 0 saturated heterocycles. The van der Waals surface area contributed by atoms with Gasteiger partial charge in [0.25, 0.3) is 0 Å². The molecule has 0 aliphatic heterocycles. The molecule has 0 heterocycles. The van der Waals surface area contributed by atoms with Crippen molar-refractivity contribution in [2.75, 3.05) is 0 Å². The minimum Gasteiger partial charge on any atom is 0 e. The van der Waals surface area contributed by atoms with Gasteiger partial charge in [0.05, 0.1) is 0 Å². The third-order valence-electron chi connectivity index (χ3n) is 0. The predicted molar refractivity (Wildman–Crippen MR) is 8.50 cm³/mol. The zero-order valence-corrected chi connectivity index (χ0v) is 6.96. The molecule has 0 aliphatic rings. The molecule has 7 heavy (non-hydrogen) atoms. The van der Waals surface area contributed by atoms with Crippen molar-refractivity contribution in [3.05, 3.63) is 0 Å². The topological polar surface area (TPSA) is 68.3 Å². The van der Waals surface area contributed by atoms with E-state index in [9.17, 15) is 0 Å². The van der Waals surface area contributed by atoms with E-state index in [1.165, 1.54) is 0 Å². The van der Waals surface area contributed by atoms with Crippen LogP contribution in [0.4, 0.5) is 0 Å². The Balaban J connectivity index is -0.0000000400. The van der Waals surface area contributed by atoms with Crippen LogP contribution >= 0.6 is 0 Å². The molecule has 0 unspecified atom stereocenters. The number of hydrogen-bond donors (Lipinski definition) is 0. The summed E-state index contributed by atoms with van der Waals surface area (Å²) in [6.07, 6.45) is 0. The van der Waals surface area contributed by atoms with Gasteiger partial charge in [-0.05, 0) is 0 Å². The van der Waals surface area contributed by atoms with E-state index in [0.29, 0.717) is 0 Å². The van der Waals surface area contributed by atoms with Crippen molar-refractivity contribution in [3.8, 4) is 0 Å². The van der Waals surface area contributed by atoms with Gasteiger partial charge in [-0.2, -0.15) is 0 Å². The van der Waals surface area contributed by atoms with Crippen LogP contribution in [-0.2, 0) is 52.5 Å². The predicted octanol–water partition coefficient (Wildman–Crippen LogP) is -0.861. The Bertz CT molecular complexity index is 65.7. The van der Waals surface area contributed by atoms with Gasteiger partial charge >= 0.3 is 31.8 Å². The third kappa shape index (κ3) is 363. The second-order valence-electron chi connectivity index (χ2n) is 0.134. The van der Waals surface area contributed by atoms with Crippen molar-refractivity contribution in [2.24, 2.45) is 0 Å². The van der Waals surface area contributed by atoms with Gasteiger partial charge in [-0.15, -0.1) is 0 Å². The molecule has 0 N–H and O–H groups in total. The molecule has 0 aromatic heterocycles. The van der Waals surface area contributed by atoms with Gasteiger partial charge in [0.1, 0.15) is 0 Å². The van der Waals surface area contributed by atoms with Crippen molar-refractivity contribution in [1.82, 2.24) is 0 Å². The minimum atomic E-state index is -1.42. The summed E-state index contributed by atoms with van der Waals surface area (Å²) in [5.74, 6) is 0. The van der Waals surface area contributed by atoms with Gasteiger partial charge in [-0.3, -0.25) is 8.92 Å². The van der Waals surface area contributed by atoms with Crippen LogP contribution in [0.1, 0.15) is 0 Å². The van der Waals surface area contributed by atoms with E-state index in [-0.39, 0.29) is 21.1 Å². The Morgan fingerprint density at radius 1 is 1.14 bits per heavy atom. The Morgan fingerprint density at radius 3 is 1.14 bits per heavy atom. The average Bonchev–Trinajstić information content (AvgIpc) is 1.39. The summed E-state index contributed by atoms with van der Waals surface area (Å²) in [5, 5.41) is 0. The first kappa shape index (κ1) is 15.6. The van der Waals surface area contributed by atoms with E-state index >= 15 is 0 Å². The van der Waals surface area contributed by atoms with Gasteiger partial charge in [0, 0.05) is 21.1 Å². The summed E-state index contributed by atoms with van der Waals surface area (Å²) >= 11 is -0.688. The van der Waals surface area contributed by atoms with Crippen LogP contribution in [0.15, 0.2) is 0 Å². The molecule has 0 amide bonds. The Morgan fingerprint density at radius 2 is 1.14 bits per heavy atom. The van der Waals surface area contributed by atoms with Crippen LogP contribution in [0.3, 0.4) is 0 Å². The Hall–Kier alpha value is 0.625. The zero-order valence-electron chi connectivity index (χ0n) is 2.75. The van der Waals surface area contributed by atoms with Crippen molar-refractivity contribution in [2.45, 2.75) is 0 Å². The second-order valence-corrected chi connectivity index (χ2v) is 0.457. The minimum absolute atomic E-state index is 0. The molecule has 0 aliphatic carbocycles. The van der Waals surface area contributed by atoms with Crippen LogP contribution in [-0.4, -0.2) is 9.29 Å². The molecular formula is CuO4PtSi. The van der Waals surface area contributed by atoms with E-state index in [1.807, 2.05) is 0 Å². The maximum atomic E-state index is 8.40. The van der Waals surface area contributed by atoms with Crippen LogP contribution in [0, 0.1) is 0 Å². The van der Waals surface area contributed by atoms with Gasteiger partial charge in [-0.1, -0.05) is 0 Å². The van der Waals surface area contributed by atoms with Crippen molar-refractivity contribution >= 4 is 9.29 Å². The van der Waals surface area contributed by atoms with Crippen LogP contribution in [0.2, 0.25) is 0 Å². The summed E-state index contributed by atoms with van der Waals surface area (Å²) in [5.41, 5.74) is 0. The van der Waals surface area contributed by atoms with Gasteiger partial charge in [0.2, 0.25) is 0 Å². The molecule has 0 fully saturated rings. The molecule has 0 spiro atoms. The SMILES string of the molecule is O=[Si]=O.[O]=[Cu]=[O].[Pt]. The first-order valence-corrected chi connectivity index (χ1v) is 2.24. The normalized spacial score (nSPS) is 4.00. The van der Waals surface area contributed by atoms with Gasteiger partial charge in [-0.25, -0.2) is 0 Å². The van der Waals surface area contributed by atoms with Crippen LogP contribution in [0.5, 0.6) is 0 Å². The molecule has 0 aromatic carbocycles. The summed E-state index contributed by atoms with van der Waals surface area (Å²) in [6.45, 7) is 0. The molecule has 0 radical (unpaired) electrons. The number of rotatable bonds is 0.